The zero-order chi connectivity index (χ0) is 28.3. The van der Waals surface area contributed by atoms with Gasteiger partial charge in [-0.05, 0) is 54.3 Å². The van der Waals surface area contributed by atoms with Crippen molar-refractivity contribution in [1.82, 2.24) is 40.0 Å². The molecule has 0 radical (unpaired) electrons. The van der Waals surface area contributed by atoms with Crippen LogP contribution in [0.1, 0.15) is 23.7 Å². The van der Waals surface area contributed by atoms with Crippen LogP contribution in [0.25, 0.3) is 44.8 Å². The van der Waals surface area contributed by atoms with Crippen molar-refractivity contribution in [2.24, 2.45) is 0 Å². The fraction of sp³-hybridized carbons (Fsp3) is 0.125. The normalized spacial score (nSPS) is 12.5. The number of nitrogens with zero attached hydrogens (tertiary/aromatic N) is 5. The maximum absolute atomic E-state index is 15.4. The number of nitrogens with one attached hydrogen (secondary N) is 3. The third-order valence-corrected chi connectivity index (χ3v) is 6.94. The molecule has 0 fully saturated rings. The van der Waals surface area contributed by atoms with Crippen LogP contribution in [0.2, 0.25) is 0 Å². The van der Waals surface area contributed by atoms with Gasteiger partial charge in [0.2, 0.25) is 0 Å². The van der Waals surface area contributed by atoms with Crippen LogP contribution in [0.5, 0.6) is 0 Å². The number of fused-ring (bicyclic) bond motifs is 2. The monoisotopic (exact) mass is 544 g/mol. The molecule has 0 aliphatic carbocycles. The topological polar surface area (TPSA) is 100 Å². The van der Waals surface area contributed by atoms with Gasteiger partial charge in [0.1, 0.15) is 23.1 Å². The first-order valence-electron chi connectivity index (χ1n) is 13.3. The summed E-state index contributed by atoms with van der Waals surface area (Å²) in [4.78, 5) is 17.0. The number of pyridine rings is 1. The van der Waals surface area contributed by atoms with E-state index < -0.39 is 5.82 Å². The Hall–Kier alpha value is -5.15. The van der Waals surface area contributed by atoms with E-state index in [4.69, 9.17) is 4.98 Å². The number of aromatic amines is 2. The Labute approximate surface area is 236 Å². The highest BCUT2D eigenvalue weighted by Crippen LogP contribution is 2.32. The molecule has 204 valence electrons. The third-order valence-electron chi connectivity index (χ3n) is 6.94. The number of halogens is 1. The number of rotatable bonds is 9. The molecule has 0 spiro atoms. The van der Waals surface area contributed by atoms with E-state index in [1.807, 2.05) is 73.2 Å². The van der Waals surface area contributed by atoms with Gasteiger partial charge in [0.05, 0.1) is 11.2 Å². The summed E-state index contributed by atoms with van der Waals surface area (Å²) in [5, 5.41) is 11.3. The van der Waals surface area contributed by atoms with Crippen LogP contribution in [-0.2, 0) is 6.54 Å². The Kier molecular flexibility index (Phi) is 7.09. The Bertz CT molecular complexity index is 1920. The number of allylic oxidation sites excluding steroid dienone is 3. The van der Waals surface area contributed by atoms with Gasteiger partial charge in [-0.1, -0.05) is 55.1 Å². The molecule has 41 heavy (non-hydrogen) atoms. The summed E-state index contributed by atoms with van der Waals surface area (Å²) in [6.45, 7) is 9.21. The van der Waals surface area contributed by atoms with Crippen molar-refractivity contribution in [3.05, 3.63) is 120 Å². The lowest BCUT2D eigenvalue weighted by atomic mass is 10.00. The Morgan fingerprint density at radius 2 is 1.98 bits per heavy atom. The summed E-state index contributed by atoms with van der Waals surface area (Å²) in [7, 11) is 0. The van der Waals surface area contributed by atoms with Crippen molar-refractivity contribution in [3.63, 3.8) is 0 Å². The molecule has 0 aliphatic heterocycles. The van der Waals surface area contributed by atoms with Gasteiger partial charge in [-0.2, -0.15) is 5.10 Å². The van der Waals surface area contributed by atoms with Crippen molar-refractivity contribution in [2.45, 2.75) is 20.4 Å². The van der Waals surface area contributed by atoms with E-state index in [9.17, 15) is 0 Å². The first kappa shape index (κ1) is 26.1. The van der Waals surface area contributed by atoms with Crippen LogP contribution in [0.4, 0.5) is 4.39 Å². The number of hydrogen-bond donors (Lipinski definition) is 3. The number of imidazole rings is 2. The van der Waals surface area contributed by atoms with Gasteiger partial charge in [0.15, 0.2) is 17.5 Å². The Morgan fingerprint density at radius 3 is 2.73 bits per heavy atom. The molecule has 0 aliphatic rings. The lowest BCUT2D eigenvalue weighted by molar-refractivity contribution is 0.636. The summed E-state index contributed by atoms with van der Waals surface area (Å²) in [5.74, 6) is 0.780. The maximum atomic E-state index is 15.4. The van der Waals surface area contributed by atoms with E-state index >= 15 is 4.39 Å². The number of aromatic nitrogens is 7. The van der Waals surface area contributed by atoms with Gasteiger partial charge >= 0.3 is 0 Å². The highest BCUT2D eigenvalue weighted by molar-refractivity contribution is 5.96. The van der Waals surface area contributed by atoms with Crippen LogP contribution < -0.4 is 5.32 Å². The van der Waals surface area contributed by atoms with Crippen LogP contribution in [0, 0.1) is 12.7 Å². The molecule has 9 heteroatoms. The molecule has 4 aromatic heterocycles. The van der Waals surface area contributed by atoms with Crippen molar-refractivity contribution in [2.75, 3.05) is 6.54 Å². The van der Waals surface area contributed by atoms with Crippen LogP contribution in [0.3, 0.4) is 0 Å². The molecule has 0 amide bonds. The summed E-state index contributed by atoms with van der Waals surface area (Å²) < 4.78 is 17.2. The summed E-state index contributed by atoms with van der Waals surface area (Å²) in [5.41, 5.74) is 7.00. The predicted molar refractivity (Wildman–Crippen MR) is 161 cm³/mol. The van der Waals surface area contributed by atoms with Gasteiger partial charge in [0, 0.05) is 30.9 Å². The molecular weight excluding hydrogens is 515 g/mol. The van der Waals surface area contributed by atoms with E-state index in [2.05, 4.69) is 49.2 Å². The van der Waals surface area contributed by atoms with Crippen molar-refractivity contribution in [3.8, 4) is 17.3 Å². The van der Waals surface area contributed by atoms with Gasteiger partial charge < -0.3 is 10.3 Å². The molecule has 4 heterocycles. The fourth-order valence-corrected chi connectivity index (χ4v) is 4.85. The molecule has 0 unspecified atom stereocenters. The third kappa shape index (κ3) is 5.22. The van der Waals surface area contributed by atoms with Gasteiger partial charge in [0.25, 0.3) is 0 Å². The average Bonchev–Trinajstić information content (AvgIpc) is 3.73. The maximum Gasteiger partial charge on any atom is 0.166 e. The highest BCUT2D eigenvalue weighted by Gasteiger charge is 2.18. The molecule has 8 nitrogen and oxygen atoms in total. The van der Waals surface area contributed by atoms with Crippen molar-refractivity contribution in [1.29, 1.82) is 0 Å². The standard InChI is InChI=1S/C32H29FN8/c1-4-21(16-34-17-22-9-7-6-8-10-22)13-23(5-2)24-14-25-28(26(33)15-24)39-40-29(25)31-37-27-11-12-35-32(30(27)38-31)41-18-20(3)36-19-41/h4-15,18-19,34H,1,16-17H2,2-3H3,(H,37,38)(H,39,40)/b21-13+,23-5+. The minimum Gasteiger partial charge on any atom is -0.336 e. The van der Waals surface area contributed by atoms with Gasteiger partial charge in [-0.25, -0.2) is 19.3 Å². The van der Waals surface area contributed by atoms with E-state index in [0.29, 0.717) is 34.8 Å². The number of hydrogen-bond acceptors (Lipinski definition) is 5. The lowest BCUT2D eigenvalue weighted by Crippen LogP contribution is -2.15. The smallest absolute Gasteiger partial charge is 0.166 e. The molecule has 0 bridgehead atoms. The van der Waals surface area contributed by atoms with Gasteiger partial charge in [-0.3, -0.25) is 9.67 Å². The minimum absolute atomic E-state index is 0.251. The first-order chi connectivity index (χ1) is 20.0. The molecule has 0 saturated heterocycles. The molecule has 0 saturated carbocycles. The number of aryl methyl sites for hydroxylation is 1. The first-order valence-corrected chi connectivity index (χ1v) is 13.3. The van der Waals surface area contributed by atoms with E-state index in [1.54, 1.807) is 12.5 Å². The second kappa shape index (κ2) is 11.1. The highest BCUT2D eigenvalue weighted by atomic mass is 19.1. The predicted octanol–water partition coefficient (Wildman–Crippen LogP) is 6.44. The van der Waals surface area contributed by atoms with E-state index in [0.717, 1.165) is 34.5 Å². The van der Waals surface area contributed by atoms with E-state index in [1.165, 1.54) is 11.6 Å². The minimum atomic E-state index is -0.414. The van der Waals surface area contributed by atoms with Crippen molar-refractivity contribution >= 4 is 27.5 Å². The van der Waals surface area contributed by atoms with Crippen LogP contribution >= 0.6 is 0 Å². The molecule has 0 atom stereocenters. The largest absolute Gasteiger partial charge is 0.336 e. The Balaban J connectivity index is 1.34. The quantitative estimate of drug-likeness (QED) is 0.182. The van der Waals surface area contributed by atoms with E-state index in [-0.39, 0.29) is 5.52 Å². The second-order valence-electron chi connectivity index (χ2n) is 9.75. The molecular formula is C32H29FN8. The zero-order valence-corrected chi connectivity index (χ0v) is 22.8. The lowest BCUT2D eigenvalue weighted by Gasteiger charge is -2.09. The van der Waals surface area contributed by atoms with Crippen LogP contribution in [0.15, 0.2) is 97.6 Å². The summed E-state index contributed by atoms with van der Waals surface area (Å²) in [6.07, 6.45) is 11.1. The fourth-order valence-electron chi connectivity index (χ4n) is 4.85. The molecule has 3 N–H and O–H groups in total. The van der Waals surface area contributed by atoms with Crippen molar-refractivity contribution < 1.29 is 4.39 Å². The van der Waals surface area contributed by atoms with Crippen LogP contribution in [-0.4, -0.2) is 41.2 Å². The molecule has 2 aromatic carbocycles. The number of H-pyrrole nitrogens is 2. The summed E-state index contributed by atoms with van der Waals surface area (Å²) in [6, 6.07) is 15.5. The number of benzene rings is 2. The average molecular weight is 545 g/mol. The Morgan fingerprint density at radius 1 is 1.12 bits per heavy atom. The van der Waals surface area contributed by atoms with Gasteiger partial charge in [-0.15, -0.1) is 0 Å². The zero-order valence-electron chi connectivity index (χ0n) is 22.8. The second-order valence-corrected chi connectivity index (χ2v) is 9.75. The SMILES string of the molecule is C=C/C(=C\C(=C/C)c1cc(F)c2n[nH]c(-c3nc4c(-n5cnc(C)c5)nccc4[nH]3)c2c1)CNCc1ccccc1. The summed E-state index contributed by atoms with van der Waals surface area (Å²) >= 11 is 0. The molecule has 6 aromatic rings. The molecule has 6 rings (SSSR count).